The highest BCUT2D eigenvalue weighted by atomic mass is 19.2. The molecule has 0 aliphatic rings. The lowest BCUT2D eigenvalue weighted by molar-refractivity contribution is 0.0527. The van der Waals surface area contributed by atoms with Crippen LogP contribution in [0.25, 0.3) is 10.9 Å². The molecule has 0 saturated heterocycles. The summed E-state index contributed by atoms with van der Waals surface area (Å²) in [6.45, 7) is 3.83. The second kappa shape index (κ2) is 6.63. The van der Waals surface area contributed by atoms with Crippen LogP contribution < -0.4 is 0 Å². The Morgan fingerprint density at radius 3 is 2.56 bits per heavy atom. The fourth-order valence-corrected chi connectivity index (χ4v) is 2.90. The van der Waals surface area contributed by atoms with Gasteiger partial charge in [0, 0.05) is 18.1 Å². The Balaban J connectivity index is 2.14. The normalized spacial score (nSPS) is 11.1. The maximum Gasteiger partial charge on any atom is 0.340 e. The number of hydrogen-bond acceptors (Lipinski definition) is 2. The minimum Gasteiger partial charge on any atom is -0.462 e. The van der Waals surface area contributed by atoms with Crippen LogP contribution in [0.1, 0.15) is 28.4 Å². The van der Waals surface area contributed by atoms with Gasteiger partial charge in [-0.1, -0.05) is 6.07 Å². The Labute approximate surface area is 142 Å². The van der Waals surface area contributed by atoms with Crippen molar-refractivity contribution in [3.8, 4) is 0 Å². The van der Waals surface area contributed by atoms with Gasteiger partial charge in [0.15, 0.2) is 11.6 Å². The van der Waals surface area contributed by atoms with Crippen LogP contribution >= 0.6 is 0 Å². The Morgan fingerprint density at radius 1 is 1.12 bits per heavy atom. The zero-order valence-electron chi connectivity index (χ0n) is 13.8. The first-order valence-electron chi connectivity index (χ1n) is 7.80. The first-order chi connectivity index (χ1) is 11.9. The predicted molar refractivity (Wildman–Crippen MR) is 88.0 cm³/mol. The molecule has 0 spiro atoms. The Kier molecular flexibility index (Phi) is 4.53. The maximum atomic E-state index is 13.9. The highest BCUT2D eigenvalue weighted by Gasteiger charge is 2.19. The number of rotatable bonds is 4. The number of aryl methyl sites for hydroxylation is 1. The molecule has 0 amide bonds. The van der Waals surface area contributed by atoms with Crippen molar-refractivity contribution in [2.75, 3.05) is 6.61 Å². The largest absolute Gasteiger partial charge is 0.462 e. The molecule has 0 bridgehead atoms. The molecule has 0 aliphatic heterocycles. The molecule has 25 heavy (non-hydrogen) atoms. The van der Waals surface area contributed by atoms with Crippen LogP contribution in [-0.4, -0.2) is 17.1 Å². The van der Waals surface area contributed by atoms with E-state index >= 15 is 0 Å². The average molecular weight is 347 g/mol. The van der Waals surface area contributed by atoms with Crippen molar-refractivity contribution in [3.63, 3.8) is 0 Å². The van der Waals surface area contributed by atoms with Crippen molar-refractivity contribution in [1.29, 1.82) is 0 Å². The molecule has 0 radical (unpaired) electrons. The summed E-state index contributed by atoms with van der Waals surface area (Å²) in [6.07, 6.45) is 1.74. The van der Waals surface area contributed by atoms with E-state index < -0.39 is 23.4 Å². The van der Waals surface area contributed by atoms with Crippen LogP contribution in [0.15, 0.2) is 36.5 Å². The molecule has 130 valence electrons. The van der Waals surface area contributed by atoms with Crippen molar-refractivity contribution in [2.45, 2.75) is 20.4 Å². The lowest BCUT2D eigenvalue weighted by Crippen LogP contribution is -2.09. The number of fused-ring (bicyclic) bond motifs is 1. The number of nitrogens with zero attached hydrogens (tertiary/aromatic N) is 1. The predicted octanol–water partition coefficient (Wildman–Crippen LogP) is 4.59. The molecule has 0 atom stereocenters. The van der Waals surface area contributed by atoms with Gasteiger partial charge in [-0.05, 0) is 49.2 Å². The van der Waals surface area contributed by atoms with E-state index in [1.165, 1.54) is 12.1 Å². The van der Waals surface area contributed by atoms with Crippen molar-refractivity contribution < 1.29 is 22.7 Å². The van der Waals surface area contributed by atoms with E-state index in [0.717, 1.165) is 23.8 Å². The molecule has 0 fully saturated rings. The van der Waals surface area contributed by atoms with Gasteiger partial charge in [-0.25, -0.2) is 18.0 Å². The Morgan fingerprint density at radius 2 is 1.88 bits per heavy atom. The smallest absolute Gasteiger partial charge is 0.340 e. The van der Waals surface area contributed by atoms with E-state index in [1.54, 1.807) is 24.6 Å². The van der Waals surface area contributed by atoms with E-state index in [-0.39, 0.29) is 18.7 Å². The lowest BCUT2D eigenvalue weighted by Gasteiger charge is -2.10. The first-order valence-corrected chi connectivity index (χ1v) is 7.80. The molecule has 0 saturated carbocycles. The standard InChI is InChI=1S/C19H16F3NO2/c1-3-25-19(24)15-8-13(20)7-14-11(2)9-23(18(14)15)10-12-4-5-16(21)17(22)6-12/h4-9H,3,10H2,1-2H3. The molecule has 3 nitrogen and oxygen atoms in total. The van der Waals surface area contributed by atoms with Crippen LogP contribution in [-0.2, 0) is 11.3 Å². The van der Waals surface area contributed by atoms with Crippen molar-refractivity contribution in [3.05, 3.63) is 70.7 Å². The van der Waals surface area contributed by atoms with Crippen LogP contribution in [0.4, 0.5) is 13.2 Å². The van der Waals surface area contributed by atoms with E-state index in [0.29, 0.717) is 16.5 Å². The molecule has 1 heterocycles. The average Bonchev–Trinajstić information content (AvgIpc) is 2.86. The van der Waals surface area contributed by atoms with Crippen molar-refractivity contribution in [2.24, 2.45) is 0 Å². The zero-order valence-corrected chi connectivity index (χ0v) is 13.8. The van der Waals surface area contributed by atoms with E-state index in [2.05, 4.69) is 0 Å². The lowest BCUT2D eigenvalue weighted by atomic mass is 10.1. The van der Waals surface area contributed by atoms with Gasteiger partial charge in [-0.15, -0.1) is 0 Å². The molecule has 2 aromatic carbocycles. The third kappa shape index (κ3) is 3.24. The minimum absolute atomic E-state index is 0.104. The first kappa shape index (κ1) is 17.1. The van der Waals surface area contributed by atoms with E-state index in [4.69, 9.17) is 4.74 Å². The Bertz CT molecular complexity index is 963. The van der Waals surface area contributed by atoms with Gasteiger partial charge in [0.05, 0.1) is 17.7 Å². The summed E-state index contributed by atoms with van der Waals surface area (Å²) in [5, 5.41) is 0.575. The summed E-state index contributed by atoms with van der Waals surface area (Å²) in [6, 6.07) is 6.09. The number of carbonyl (C=O) groups excluding carboxylic acids is 1. The summed E-state index contributed by atoms with van der Waals surface area (Å²) in [4.78, 5) is 12.2. The molecule has 3 aromatic rings. The molecule has 0 aliphatic carbocycles. The fraction of sp³-hybridized carbons (Fsp3) is 0.211. The number of carbonyl (C=O) groups is 1. The van der Waals surface area contributed by atoms with Crippen molar-refractivity contribution >= 4 is 16.9 Å². The maximum absolute atomic E-state index is 13.9. The molecule has 0 N–H and O–H groups in total. The number of ether oxygens (including phenoxy) is 1. The SMILES string of the molecule is CCOC(=O)c1cc(F)cc2c(C)cn(Cc3ccc(F)c(F)c3)c12. The van der Waals surface area contributed by atoms with E-state index in [9.17, 15) is 18.0 Å². The molecule has 3 rings (SSSR count). The summed E-state index contributed by atoms with van der Waals surface area (Å²) >= 11 is 0. The van der Waals surface area contributed by atoms with Gasteiger partial charge in [0.2, 0.25) is 0 Å². The summed E-state index contributed by atoms with van der Waals surface area (Å²) in [5.41, 5.74) is 1.90. The monoisotopic (exact) mass is 347 g/mol. The molecule has 6 heteroatoms. The highest BCUT2D eigenvalue weighted by Crippen LogP contribution is 2.27. The second-order valence-corrected chi connectivity index (χ2v) is 5.76. The van der Waals surface area contributed by atoms with Crippen molar-refractivity contribution in [1.82, 2.24) is 4.57 Å². The van der Waals surface area contributed by atoms with Crippen LogP contribution in [0.2, 0.25) is 0 Å². The minimum atomic E-state index is -0.942. The van der Waals surface area contributed by atoms with Gasteiger partial charge < -0.3 is 9.30 Å². The molecule has 1 aromatic heterocycles. The van der Waals surface area contributed by atoms with Gasteiger partial charge in [-0.2, -0.15) is 0 Å². The van der Waals surface area contributed by atoms with Crippen LogP contribution in [0.3, 0.4) is 0 Å². The summed E-state index contributed by atoms with van der Waals surface area (Å²) < 4.78 is 47.2. The van der Waals surface area contributed by atoms with E-state index in [1.807, 2.05) is 0 Å². The van der Waals surface area contributed by atoms with Crippen LogP contribution in [0, 0.1) is 24.4 Å². The number of esters is 1. The second-order valence-electron chi connectivity index (χ2n) is 5.76. The molecule has 0 unspecified atom stereocenters. The van der Waals surface area contributed by atoms with Crippen LogP contribution in [0.5, 0.6) is 0 Å². The number of benzene rings is 2. The summed E-state index contributed by atoms with van der Waals surface area (Å²) in [5.74, 6) is -3.03. The molecular weight excluding hydrogens is 331 g/mol. The number of halogens is 3. The Hall–Kier alpha value is -2.76. The highest BCUT2D eigenvalue weighted by molar-refractivity contribution is 6.04. The quantitative estimate of drug-likeness (QED) is 0.646. The van der Waals surface area contributed by atoms with Gasteiger partial charge in [-0.3, -0.25) is 0 Å². The number of aromatic nitrogens is 1. The summed E-state index contributed by atoms with van der Waals surface area (Å²) in [7, 11) is 0. The van der Waals surface area contributed by atoms with Gasteiger partial charge >= 0.3 is 5.97 Å². The third-order valence-corrected chi connectivity index (χ3v) is 3.97. The van der Waals surface area contributed by atoms with Gasteiger partial charge in [0.25, 0.3) is 0 Å². The van der Waals surface area contributed by atoms with Gasteiger partial charge in [0.1, 0.15) is 5.82 Å². The zero-order chi connectivity index (χ0) is 18.1. The topological polar surface area (TPSA) is 31.2 Å². The fourth-order valence-electron chi connectivity index (χ4n) is 2.90. The number of hydrogen-bond donors (Lipinski definition) is 0. The molecular formula is C19H16F3NO2. The third-order valence-electron chi connectivity index (χ3n) is 3.97.